The van der Waals surface area contributed by atoms with Crippen LogP contribution in [0, 0.1) is 0 Å². The fraction of sp³-hybridized carbons (Fsp3) is 0.0769. The van der Waals surface area contributed by atoms with Crippen LogP contribution in [0.4, 0.5) is 8.78 Å². The summed E-state index contributed by atoms with van der Waals surface area (Å²) in [6.45, 7) is 0. The van der Waals surface area contributed by atoms with Crippen LogP contribution < -0.4 is 4.46 Å². The van der Waals surface area contributed by atoms with Crippen LogP contribution in [-0.4, -0.2) is 15.0 Å². The molecule has 82 valence electrons. The third-order valence-electron chi connectivity index (χ3n) is 2.10. The van der Waals surface area contributed by atoms with Gasteiger partial charge in [0.25, 0.3) is 0 Å². The molecule has 0 spiro atoms. The van der Waals surface area contributed by atoms with E-state index >= 15 is 0 Å². The Morgan fingerprint density at radius 3 is 1.81 bits per heavy atom. The van der Waals surface area contributed by atoms with Crippen LogP contribution in [0.1, 0.15) is 5.56 Å². The van der Waals surface area contributed by atoms with Crippen LogP contribution in [0.5, 0.6) is 0 Å². The molecule has 0 aliphatic carbocycles. The number of hydrogen-bond donors (Lipinski definition) is 0. The molecule has 0 N–H and O–H groups in total. The molecule has 0 saturated heterocycles. The summed E-state index contributed by atoms with van der Waals surface area (Å²) in [5.74, 6) is 0. The molecular weight excluding hydrogens is 273 g/mol. The van der Waals surface area contributed by atoms with E-state index in [1.54, 1.807) is 42.5 Å². The molecule has 0 amide bonds. The Morgan fingerprint density at radius 1 is 0.750 bits per heavy atom. The SMILES string of the molecule is FC(F)([Se]c1ccccc1)c1ccccc1. The number of rotatable bonds is 3. The number of benzene rings is 2. The third kappa shape index (κ3) is 2.69. The van der Waals surface area contributed by atoms with Crippen LogP contribution in [0.25, 0.3) is 0 Å². The first kappa shape index (κ1) is 11.3. The quantitative estimate of drug-likeness (QED) is 0.760. The topological polar surface area (TPSA) is 0 Å². The molecule has 0 bridgehead atoms. The van der Waals surface area contributed by atoms with Gasteiger partial charge in [-0.05, 0) is 0 Å². The predicted molar refractivity (Wildman–Crippen MR) is 62.2 cm³/mol. The molecule has 0 nitrogen and oxygen atoms in total. The van der Waals surface area contributed by atoms with Crippen molar-refractivity contribution in [3.63, 3.8) is 0 Å². The first-order chi connectivity index (χ1) is 7.68. The Balaban J connectivity index is 2.21. The summed E-state index contributed by atoms with van der Waals surface area (Å²) in [5, 5.41) is 0. The van der Waals surface area contributed by atoms with Gasteiger partial charge < -0.3 is 0 Å². The zero-order valence-corrected chi connectivity index (χ0v) is 10.2. The third-order valence-corrected chi connectivity index (χ3v) is 4.20. The maximum absolute atomic E-state index is 13.9. The molecule has 0 atom stereocenters. The number of halogens is 2. The summed E-state index contributed by atoms with van der Waals surface area (Å²) in [5.41, 5.74) is 0.0962. The Kier molecular flexibility index (Phi) is 3.37. The molecule has 0 heterocycles. The monoisotopic (exact) mass is 284 g/mol. The van der Waals surface area contributed by atoms with E-state index in [1.165, 1.54) is 12.1 Å². The van der Waals surface area contributed by atoms with Gasteiger partial charge in [-0.1, -0.05) is 0 Å². The zero-order chi connectivity index (χ0) is 11.4. The molecule has 0 aliphatic heterocycles. The second-order valence-corrected chi connectivity index (χ2v) is 5.79. The Labute approximate surface area is 99.5 Å². The first-order valence-electron chi connectivity index (χ1n) is 4.86. The fourth-order valence-corrected chi connectivity index (χ4v) is 3.10. The van der Waals surface area contributed by atoms with Gasteiger partial charge in [0, 0.05) is 0 Å². The van der Waals surface area contributed by atoms with E-state index in [1.807, 2.05) is 6.07 Å². The summed E-state index contributed by atoms with van der Waals surface area (Å²) in [6, 6.07) is 16.9. The van der Waals surface area contributed by atoms with Gasteiger partial charge in [0.1, 0.15) is 0 Å². The van der Waals surface area contributed by atoms with E-state index in [2.05, 4.69) is 0 Å². The number of hydrogen-bond acceptors (Lipinski definition) is 0. The second-order valence-electron chi connectivity index (χ2n) is 3.30. The molecule has 2 aromatic carbocycles. The van der Waals surface area contributed by atoms with Crippen molar-refractivity contribution in [1.29, 1.82) is 0 Å². The van der Waals surface area contributed by atoms with Crippen molar-refractivity contribution in [1.82, 2.24) is 0 Å². The molecule has 0 fully saturated rings. The van der Waals surface area contributed by atoms with Crippen molar-refractivity contribution < 1.29 is 8.78 Å². The van der Waals surface area contributed by atoms with E-state index in [0.29, 0.717) is 4.46 Å². The second kappa shape index (κ2) is 4.77. The van der Waals surface area contributed by atoms with Crippen molar-refractivity contribution in [3.8, 4) is 0 Å². The Morgan fingerprint density at radius 2 is 1.25 bits per heavy atom. The van der Waals surface area contributed by atoms with Crippen molar-refractivity contribution in [2.75, 3.05) is 0 Å². The van der Waals surface area contributed by atoms with Crippen molar-refractivity contribution >= 4 is 19.4 Å². The average molecular weight is 283 g/mol. The average Bonchev–Trinajstić information content (AvgIpc) is 2.31. The minimum atomic E-state index is -2.74. The van der Waals surface area contributed by atoms with Gasteiger partial charge in [0.05, 0.1) is 0 Å². The van der Waals surface area contributed by atoms with E-state index in [0.717, 1.165) is 0 Å². The molecule has 0 aliphatic rings. The zero-order valence-electron chi connectivity index (χ0n) is 8.44. The minimum absolute atomic E-state index is 0.0962. The summed E-state index contributed by atoms with van der Waals surface area (Å²) in [4.78, 5) is -2.74. The van der Waals surface area contributed by atoms with Gasteiger partial charge in [0.15, 0.2) is 0 Å². The van der Waals surface area contributed by atoms with Gasteiger partial charge in [-0.25, -0.2) is 0 Å². The summed E-state index contributed by atoms with van der Waals surface area (Å²) >= 11 is -0.865. The molecule has 0 unspecified atom stereocenters. The molecule has 16 heavy (non-hydrogen) atoms. The normalized spacial score (nSPS) is 11.4. The summed E-state index contributed by atoms with van der Waals surface area (Å²) < 4.78 is 28.5. The van der Waals surface area contributed by atoms with Crippen LogP contribution in [0.2, 0.25) is 0 Å². The van der Waals surface area contributed by atoms with Gasteiger partial charge in [-0.15, -0.1) is 0 Å². The molecule has 0 aromatic heterocycles. The summed E-state index contributed by atoms with van der Waals surface area (Å²) in [7, 11) is 0. The van der Waals surface area contributed by atoms with Crippen molar-refractivity contribution in [2.24, 2.45) is 0 Å². The van der Waals surface area contributed by atoms with E-state index in [-0.39, 0.29) is 5.56 Å². The van der Waals surface area contributed by atoms with Crippen molar-refractivity contribution in [3.05, 3.63) is 66.2 Å². The Bertz CT molecular complexity index is 440. The van der Waals surface area contributed by atoms with Crippen LogP contribution in [0.15, 0.2) is 60.7 Å². The molecule has 0 radical (unpaired) electrons. The Hall–Kier alpha value is -1.18. The van der Waals surface area contributed by atoms with Crippen LogP contribution in [0.3, 0.4) is 0 Å². The van der Waals surface area contributed by atoms with Gasteiger partial charge >= 0.3 is 99.2 Å². The molecule has 2 aromatic rings. The predicted octanol–water partition coefficient (Wildman–Crippen LogP) is 2.77. The summed E-state index contributed by atoms with van der Waals surface area (Å²) in [6.07, 6.45) is 0. The standard InChI is InChI=1S/C13H10F2Se/c14-13(15,11-7-3-1-4-8-11)16-12-9-5-2-6-10-12/h1-10H. The number of alkyl halides is 2. The van der Waals surface area contributed by atoms with E-state index < -0.39 is 19.8 Å². The van der Waals surface area contributed by atoms with E-state index in [9.17, 15) is 8.78 Å². The van der Waals surface area contributed by atoms with Crippen LogP contribution >= 0.6 is 0 Å². The molecule has 2 rings (SSSR count). The molecular formula is C13H10F2Se. The first-order valence-corrected chi connectivity index (χ1v) is 6.57. The maximum atomic E-state index is 13.9. The fourth-order valence-electron chi connectivity index (χ4n) is 1.33. The van der Waals surface area contributed by atoms with Gasteiger partial charge in [0.2, 0.25) is 0 Å². The van der Waals surface area contributed by atoms with Crippen molar-refractivity contribution in [2.45, 2.75) is 4.82 Å². The van der Waals surface area contributed by atoms with E-state index in [4.69, 9.17) is 0 Å². The van der Waals surface area contributed by atoms with Gasteiger partial charge in [-0.3, -0.25) is 0 Å². The molecule has 0 saturated carbocycles. The van der Waals surface area contributed by atoms with Gasteiger partial charge in [-0.2, -0.15) is 0 Å². The molecule has 3 heteroatoms. The van der Waals surface area contributed by atoms with Crippen LogP contribution in [-0.2, 0) is 4.82 Å².